The number of alkyl halides is 5. The average molecular weight is 250 g/mol. The van der Waals surface area contributed by atoms with E-state index in [-0.39, 0.29) is 0 Å². The highest BCUT2D eigenvalue weighted by atomic mass is 19.4. The topological polar surface area (TPSA) is 26.3 Å². The number of carbonyl (C=O) groups is 1. The summed E-state index contributed by atoms with van der Waals surface area (Å²) in [6.07, 6.45) is -6.45. The van der Waals surface area contributed by atoms with Crippen molar-refractivity contribution in [3.8, 4) is 0 Å². The van der Waals surface area contributed by atoms with Crippen molar-refractivity contribution in [3.63, 3.8) is 0 Å². The molecule has 0 rings (SSSR count). The van der Waals surface area contributed by atoms with Crippen LogP contribution in [0.15, 0.2) is 11.4 Å². The highest BCUT2D eigenvalue weighted by Crippen LogP contribution is 2.33. The van der Waals surface area contributed by atoms with E-state index in [0.29, 0.717) is 6.92 Å². The fourth-order valence-electron chi connectivity index (χ4n) is 0.875. The van der Waals surface area contributed by atoms with E-state index in [9.17, 15) is 31.1 Å². The van der Waals surface area contributed by atoms with E-state index >= 15 is 0 Å². The first-order chi connectivity index (χ1) is 7.01. The highest BCUT2D eigenvalue weighted by molar-refractivity contribution is 5.90. The molecule has 0 aromatic heterocycles. The second-order valence-electron chi connectivity index (χ2n) is 2.80. The Kier molecular flexibility index (Phi) is 4.39. The molecule has 0 heterocycles. The minimum Gasteiger partial charge on any atom is -0.369 e. The monoisotopic (exact) mass is 250 g/mol. The Balaban J connectivity index is 5.15. The zero-order valence-corrected chi connectivity index (χ0v) is 8.29. The van der Waals surface area contributed by atoms with Crippen molar-refractivity contribution in [3.05, 3.63) is 11.4 Å². The molecular weight excluding hydrogens is 242 g/mol. The zero-order valence-electron chi connectivity index (χ0n) is 8.29. The predicted octanol–water partition coefficient (Wildman–Crippen LogP) is 3.34. The number of carbonyl (C=O) groups excluding carboxylic acids is 1. The SMILES string of the molecule is CCC(F)(F)C(C(=O)OC(F)(F)F)=C(C)F. The maximum Gasteiger partial charge on any atom is 0.575 e. The molecule has 0 N–H and O–H groups in total. The lowest BCUT2D eigenvalue weighted by molar-refractivity contribution is -0.304. The highest BCUT2D eigenvalue weighted by Gasteiger charge is 2.44. The number of halogens is 6. The van der Waals surface area contributed by atoms with Gasteiger partial charge in [0, 0.05) is 6.42 Å². The van der Waals surface area contributed by atoms with Crippen LogP contribution in [0.1, 0.15) is 20.3 Å². The summed E-state index contributed by atoms with van der Waals surface area (Å²) in [5, 5.41) is 0. The minimum atomic E-state index is -5.43. The number of hydrogen-bond donors (Lipinski definition) is 0. The van der Waals surface area contributed by atoms with Crippen molar-refractivity contribution in [2.45, 2.75) is 32.6 Å². The molecular formula is C8H8F6O2. The standard InChI is InChI=1S/C8H8F6O2/c1-3-7(10,11)5(4(2)9)6(15)16-8(12,13)14/h3H2,1-2H3. The van der Waals surface area contributed by atoms with Gasteiger partial charge in [-0.2, -0.15) is 0 Å². The van der Waals surface area contributed by atoms with Crippen LogP contribution >= 0.6 is 0 Å². The average Bonchev–Trinajstić information content (AvgIpc) is 1.98. The zero-order chi connectivity index (χ0) is 13.1. The second kappa shape index (κ2) is 4.75. The number of hydrogen-bond acceptors (Lipinski definition) is 2. The number of rotatable bonds is 3. The van der Waals surface area contributed by atoms with Gasteiger partial charge in [-0.15, -0.1) is 13.2 Å². The molecule has 0 aromatic carbocycles. The first kappa shape index (κ1) is 14.8. The van der Waals surface area contributed by atoms with Crippen LogP contribution in [-0.4, -0.2) is 18.3 Å². The summed E-state index contributed by atoms with van der Waals surface area (Å²) in [7, 11) is 0. The largest absolute Gasteiger partial charge is 0.575 e. The van der Waals surface area contributed by atoms with E-state index in [1.54, 1.807) is 0 Å². The van der Waals surface area contributed by atoms with Gasteiger partial charge in [0.15, 0.2) is 0 Å². The van der Waals surface area contributed by atoms with Gasteiger partial charge in [0.05, 0.1) is 0 Å². The van der Waals surface area contributed by atoms with E-state index < -0.39 is 36.1 Å². The third-order valence-electron chi connectivity index (χ3n) is 1.57. The van der Waals surface area contributed by atoms with E-state index in [4.69, 9.17) is 0 Å². The normalized spacial score (nSPS) is 14.5. The fraction of sp³-hybridized carbons (Fsp3) is 0.625. The summed E-state index contributed by atoms with van der Waals surface area (Å²) in [6.45, 7) is 1.35. The lowest BCUT2D eigenvalue weighted by Crippen LogP contribution is -2.30. The summed E-state index contributed by atoms with van der Waals surface area (Å²) in [5.74, 6) is -8.14. The molecule has 0 bridgehead atoms. The molecule has 0 saturated heterocycles. The Bertz CT molecular complexity index is 300. The van der Waals surface area contributed by atoms with Crippen molar-refractivity contribution in [1.29, 1.82) is 0 Å². The van der Waals surface area contributed by atoms with Crippen LogP contribution in [0.4, 0.5) is 26.3 Å². The summed E-state index contributed by atoms with van der Waals surface area (Å²) >= 11 is 0. The summed E-state index contributed by atoms with van der Waals surface area (Å²) < 4.78 is 76.0. The fourth-order valence-corrected chi connectivity index (χ4v) is 0.875. The van der Waals surface area contributed by atoms with Crippen LogP contribution in [0.25, 0.3) is 0 Å². The van der Waals surface area contributed by atoms with Crippen LogP contribution in [0.2, 0.25) is 0 Å². The molecule has 0 spiro atoms. The van der Waals surface area contributed by atoms with E-state index in [1.165, 1.54) is 0 Å². The number of ether oxygens (including phenoxy) is 1. The van der Waals surface area contributed by atoms with Crippen LogP contribution in [0, 0.1) is 0 Å². The Labute approximate surface area is 86.9 Å². The molecule has 0 aliphatic carbocycles. The quantitative estimate of drug-likeness (QED) is 0.436. The maximum absolute atomic E-state index is 12.9. The van der Waals surface area contributed by atoms with Crippen LogP contribution in [0.5, 0.6) is 0 Å². The first-order valence-electron chi connectivity index (χ1n) is 4.06. The molecule has 8 heteroatoms. The lowest BCUT2D eigenvalue weighted by Gasteiger charge is -2.17. The van der Waals surface area contributed by atoms with Gasteiger partial charge < -0.3 is 4.74 Å². The third kappa shape index (κ3) is 4.11. The molecule has 94 valence electrons. The number of allylic oxidation sites excluding steroid dienone is 1. The van der Waals surface area contributed by atoms with Gasteiger partial charge in [-0.3, -0.25) is 0 Å². The van der Waals surface area contributed by atoms with Crippen molar-refractivity contribution in [1.82, 2.24) is 0 Å². The van der Waals surface area contributed by atoms with Gasteiger partial charge in [-0.1, -0.05) is 6.92 Å². The summed E-state index contributed by atoms with van der Waals surface area (Å²) in [6, 6.07) is 0. The molecule has 0 amide bonds. The van der Waals surface area contributed by atoms with Crippen LogP contribution in [0.3, 0.4) is 0 Å². The van der Waals surface area contributed by atoms with Gasteiger partial charge in [0.2, 0.25) is 0 Å². The van der Waals surface area contributed by atoms with Gasteiger partial charge in [0.25, 0.3) is 5.92 Å². The molecule has 0 aliphatic heterocycles. The van der Waals surface area contributed by atoms with Gasteiger partial charge in [0.1, 0.15) is 11.4 Å². The first-order valence-corrected chi connectivity index (χ1v) is 4.06. The third-order valence-corrected chi connectivity index (χ3v) is 1.57. The van der Waals surface area contributed by atoms with Crippen molar-refractivity contribution < 1.29 is 35.9 Å². The van der Waals surface area contributed by atoms with E-state index in [1.807, 2.05) is 0 Å². The van der Waals surface area contributed by atoms with Crippen LogP contribution in [-0.2, 0) is 9.53 Å². The Morgan fingerprint density at radius 2 is 1.62 bits per heavy atom. The van der Waals surface area contributed by atoms with Crippen LogP contribution < -0.4 is 0 Å². The van der Waals surface area contributed by atoms with Gasteiger partial charge >= 0.3 is 12.3 Å². The molecule has 2 nitrogen and oxygen atoms in total. The minimum absolute atomic E-state index is 0.455. The summed E-state index contributed by atoms with van der Waals surface area (Å²) in [5.41, 5.74) is -1.91. The molecule has 0 atom stereocenters. The van der Waals surface area contributed by atoms with Crippen molar-refractivity contribution in [2.24, 2.45) is 0 Å². The van der Waals surface area contributed by atoms with E-state index in [0.717, 1.165) is 6.92 Å². The molecule has 0 radical (unpaired) electrons. The Morgan fingerprint density at radius 3 is 1.88 bits per heavy atom. The molecule has 0 saturated carbocycles. The van der Waals surface area contributed by atoms with Gasteiger partial charge in [-0.25, -0.2) is 18.0 Å². The predicted molar refractivity (Wildman–Crippen MR) is 41.2 cm³/mol. The van der Waals surface area contributed by atoms with E-state index in [2.05, 4.69) is 4.74 Å². The molecule has 0 fully saturated rings. The smallest absolute Gasteiger partial charge is 0.369 e. The Hall–Kier alpha value is -1.21. The number of esters is 1. The van der Waals surface area contributed by atoms with Crippen molar-refractivity contribution in [2.75, 3.05) is 0 Å². The maximum atomic E-state index is 12.9. The lowest BCUT2D eigenvalue weighted by atomic mass is 10.1. The van der Waals surface area contributed by atoms with Crippen molar-refractivity contribution >= 4 is 5.97 Å². The van der Waals surface area contributed by atoms with Gasteiger partial charge in [-0.05, 0) is 6.92 Å². The second-order valence-corrected chi connectivity index (χ2v) is 2.80. The molecule has 0 unspecified atom stereocenters. The summed E-state index contributed by atoms with van der Waals surface area (Å²) in [4.78, 5) is 10.7. The molecule has 0 aromatic rings. The molecule has 16 heavy (non-hydrogen) atoms. The Morgan fingerprint density at radius 1 is 1.19 bits per heavy atom. The molecule has 0 aliphatic rings.